The molecule has 112 valence electrons. The molecule has 1 heterocycles. The van der Waals surface area contributed by atoms with E-state index in [1.807, 2.05) is 12.1 Å². The summed E-state index contributed by atoms with van der Waals surface area (Å²) in [5.41, 5.74) is 2.45. The zero-order chi connectivity index (χ0) is 14.4. The monoisotopic (exact) mass is 296 g/mol. The van der Waals surface area contributed by atoms with Crippen molar-refractivity contribution in [3.63, 3.8) is 0 Å². The minimum absolute atomic E-state index is 0.255. The summed E-state index contributed by atoms with van der Waals surface area (Å²) in [5.74, 6) is 0. The average molecular weight is 297 g/mol. The van der Waals surface area contributed by atoms with E-state index >= 15 is 0 Å². The van der Waals surface area contributed by atoms with Gasteiger partial charge in [-0.3, -0.25) is 0 Å². The first kappa shape index (κ1) is 15.6. The smallest absolute Gasteiger partial charge is 0.0721 e. The number of ether oxygens (including phenoxy) is 1. The van der Waals surface area contributed by atoms with Crippen molar-refractivity contribution >= 4 is 17.3 Å². The average Bonchev–Trinajstić information content (AvgIpc) is 2.64. The van der Waals surface area contributed by atoms with E-state index in [0.717, 1.165) is 50.7 Å². The minimum Gasteiger partial charge on any atom is -0.377 e. The van der Waals surface area contributed by atoms with Crippen molar-refractivity contribution in [2.75, 3.05) is 31.1 Å². The molecule has 1 unspecified atom stereocenters. The normalized spacial score (nSPS) is 19.9. The summed E-state index contributed by atoms with van der Waals surface area (Å²) in [6.07, 6.45) is 2.45. The summed E-state index contributed by atoms with van der Waals surface area (Å²) in [6, 6.07) is 6.18. The molecule has 1 aliphatic heterocycles. The van der Waals surface area contributed by atoms with Gasteiger partial charge in [0.1, 0.15) is 0 Å². The van der Waals surface area contributed by atoms with Gasteiger partial charge in [0.15, 0.2) is 0 Å². The van der Waals surface area contributed by atoms with Crippen molar-refractivity contribution in [1.82, 2.24) is 5.32 Å². The lowest BCUT2D eigenvalue weighted by Gasteiger charge is -2.28. The molecule has 0 spiro atoms. The molecule has 1 aromatic carbocycles. The highest BCUT2D eigenvalue weighted by atomic mass is 35.5. The van der Waals surface area contributed by atoms with Crippen molar-refractivity contribution in [2.24, 2.45) is 0 Å². The van der Waals surface area contributed by atoms with Gasteiger partial charge >= 0.3 is 0 Å². The number of hydrogen-bond donors (Lipinski definition) is 1. The first-order valence-corrected chi connectivity index (χ1v) is 7.94. The Hall–Kier alpha value is -0.770. The summed E-state index contributed by atoms with van der Waals surface area (Å²) in [6.45, 7) is 8.97. The molecule has 0 radical (unpaired) electrons. The number of anilines is 1. The highest BCUT2D eigenvalue weighted by molar-refractivity contribution is 6.33. The third-order valence-corrected chi connectivity index (χ3v) is 3.89. The SMILES string of the molecule is CCCNCc1cccc(Cl)c1N1CCCOC(C)C1. The number of halogens is 1. The summed E-state index contributed by atoms with van der Waals surface area (Å²) in [4.78, 5) is 2.38. The largest absolute Gasteiger partial charge is 0.377 e. The molecular weight excluding hydrogens is 272 g/mol. The number of hydrogen-bond acceptors (Lipinski definition) is 3. The second-order valence-electron chi connectivity index (χ2n) is 5.41. The van der Waals surface area contributed by atoms with Gasteiger partial charge in [-0.2, -0.15) is 0 Å². The van der Waals surface area contributed by atoms with Crippen molar-refractivity contribution in [3.05, 3.63) is 28.8 Å². The van der Waals surface area contributed by atoms with E-state index in [1.54, 1.807) is 0 Å². The third-order valence-electron chi connectivity index (χ3n) is 3.58. The molecule has 1 saturated heterocycles. The highest BCUT2D eigenvalue weighted by Gasteiger charge is 2.19. The fourth-order valence-electron chi connectivity index (χ4n) is 2.65. The number of nitrogens with zero attached hydrogens (tertiary/aromatic N) is 1. The molecule has 0 aromatic heterocycles. The molecule has 1 aliphatic rings. The van der Waals surface area contributed by atoms with Crippen LogP contribution in [-0.2, 0) is 11.3 Å². The molecule has 1 N–H and O–H groups in total. The molecule has 3 nitrogen and oxygen atoms in total. The lowest BCUT2D eigenvalue weighted by molar-refractivity contribution is 0.0821. The number of nitrogens with one attached hydrogen (secondary N) is 1. The van der Waals surface area contributed by atoms with Crippen LogP contribution >= 0.6 is 11.6 Å². The summed E-state index contributed by atoms with van der Waals surface area (Å²) < 4.78 is 5.73. The molecule has 4 heteroatoms. The zero-order valence-corrected chi connectivity index (χ0v) is 13.2. The molecular formula is C16H25ClN2O. The van der Waals surface area contributed by atoms with Gasteiger partial charge in [-0.05, 0) is 37.9 Å². The van der Waals surface area contributed by atoms with Crippen molar-refractivity contribution in [1.29, 1.82) is 0 Å². The van der Waals surface area contributed by atoms with Crippen LogP contribution in [-0.4, -0.2) is 32.3 Å². The Bertz CT molecular complexity index is 425. The Balaban J connectivity index is 2.19. The van der Waals surface area contributed by atoms with E-state index in [2.05, 4.69) is 30.1 Å². The Labute approximate surface area is 127 Å². The second-order valence-corrected chi connectivity index (χ2v) is 5.81. The summed E-state index contributed by atoms with van der Waals surface area (Å²) in [5, 5.41) is 4.31. The fourth-order valence-corrected chi connectivity index (χ4v) is 2.97. The maximum Gasteiger partial charge on any atom is 0.0721 e. The van der Waals surface area contributed by atoms with Crippen LogP contribution in [0.3, 0.4) is 0 Å². The minimum atomic E-state index is 0.255. The van der Waals surface area contributed by atoms with E-state index in [4.69, 9.17) is 16.3 Å². The number of rotatable bonds is 5. The van der Waals surface area contributed by atoms with Gasteiger partial charge in [-0.1, -0.05) is 30.7 Å². The quantitative estimate of drug-likeness (QED) is 0.842. The number of para-hydroxylation sites is 1. The Morgan fingerprint density at radius 1 is 1.45 bits per heavy atom. The summed E-state index contributed by atoms with van der Waals surface area (Å²) in [7, 11) is 0. The van der Waals surface area contributed by atoms with Gasteiger partial charge in [0.05, 0.1) is 16.8 Å². The Morgan fingerprint density at radius 3 is 3.10 bits per heavy atom. The molecule has 1 atom stereocenters. The lowest BCUT2D eigenvalue weighted by Crippen LogP contribution is -2.31. The lowest BCUT2D eigenvalue weighted by atomic mass is 10.1. The maximum atomic E-state index is 6.47. The van der Waals surface area contributed by atoms with E-state index in [0.29, 0.717) is 0 Å². The predicted octanol–water partition coefficient (Wildman–Crippen LogP) is 3.45. The molecule has 0 amide bonds. The van der Waals surface area contributed by atoms with E-state index in [1.165, 1.54) is 11.3 Å². The predicted molar refractivity (Wildman–Crippen MR) is 85.7 cm³/mol. The Kier molecular flexibility index (Phi) is 6.14. The van der Waals surface area contributed by atoms with Crippen LogP contribution in [0.15, 0.2) is 18.2 Å². The van der Waals surface area contributed by atoms with Gasteiger partial charge in [-0.25, -0.2) is 0 Å². The van der Waals surface area contributed by atoms with Crippen LogP contribution in [0.2, 0.25) is 5.02 Å². The highest BCUT2D eigenvalue weighted by Crippen LogP contribution is 2.31. The van der Waals surface area contributed by atoms with Gasteiger partial charge in [0.2, 0.25) is 0 Å². The standard InChI is InChI=1S/C16H25ClN2O/c1-3-8-18-11-14-6-4-7-15(17)16(14)19-9-5-10-20-13(2)12-19/h4,6-7,13,18H,3,5,8-12H2,1-2H3. The van der Waals surface area contributed by atoms with Crippen LogP contribution in [0.5, 0.6) is 0 Å². The summed E-state index contributed by atoms with van der Waals surface area (Å²) >= 11 is 6.47. The zero-order valence-electron chi connectivity index (χ0n) is 12.5. The number of benzene rings is 1. The van der Waals surface area contributed by atoms with Crippen LogP contribution in [0, 0.1) is 0 Å². The van der Waals surface area contributed by atoms with E-state index in [9.17, 15) is 0 Å². The molecule has 1 fully saturated rings. The molecule has 20 heavy (non-hydrogen) atoms. The topological polar surface area (TPSA) is 24.5 Å². The van der Waals surface area contributed by atoms with Crippen LogP contribution < -0.4 is 10.2 Å². The van der Waals surface area contributed by atoms with Gasteiger partial charge in [0.25, 0.3) is 0 Å². The second kappa shape index (κ2) is 7.87. The van der Waals surface area contributed by atoms with Crippen LogP contribution in [0.1, 0.15) is 32.3 Å². The van der Waals surface area contributed by atoms with Crippen LogP contribution in [0.4, 0.5) is 5.69 Å². The van der Waals surface area contributed by atoms with Gasteiger partial charge in [-0.15, -0.1) is 0 Å². The molecule has 0 bridgehead atoms. The molecule has 1 aromatic rings. The van der Waals surface area contributed by atoms with E-state index < -0.39 is 0 Å². The third kappa shape index (κ3) is 4.11. The fraction of sp³-hybridized carbons (Fsp3) is 0.625. The van der Waals surface area contributed by atoms with Gasteiger partial charge < -0.3 is 15.0 Å². The molecule has 2 rings (SSSR count). The van der Waals surface area contributed by atoms with Crippen molar-refractivity contribution < 1.29 is 4.74 Å². The first-order chi connectivity index (χ1) is 9.72. The molecule has 0 saturated carbocycles. The van der Waals surface area contributed by atoms with Crippen molar-refractivity contribution in [3.8, 4) is 0 Å². The van der Waals surface area contributed by atoms with Crippen LogP contribution in [0.25, 0.3) is 0 Å². The van der Waals surface area contributed by atoms with Gasteiger partial charge in [0, 0.05) is 26.2 Å². The molecule has 0 aliphatic carbocycles. The maximum absolute atomic E-state index is 6.47. The van der Waals surface area contributed by atoms with E-state index in [-0.39, 0.29) is 6.10 Å². The van der Waals surface area contributed by atoms with Crippen molar-refractivity contribution in [2.45, 2.75) is 39.3 Å². The first-order valence-electron chi connectivity index (χ1n) is 7.57. The Morgan fingerprint density at radius 2 is 2.30 bits per heavy atom.